The summed E-state index contributed by atoms with van der Waals surface area (Å²) in [6, 6.07) is 14.9. The predicted octanol–water partition coefficient (Wildman–Crippen LogP) is 3.09. The number of thioether (sulfide) groups is 1. The van der Waals surface area contributed by atoms with Crippen LogP contribution in [0.2, 0.25) is 5.02 Å². The Kier molecular flexibility index (Phi) is 7.11. The number of hydrogen-bond acceptors (Lipinski definition) is 5. The minimum absolute atomic E-state index is 0.0127. The van der Waals surface area contributed by atoms with Crippen molar-refractivity contribution in [2.75, 3.05) is 19.0 Å². The normalized spacial score (nSPS) is 31.3. The minimum Gasteiger partial charge on any atom is -0.394 e. The first-order valence-electron chi connectivity index (χ1n) is 11.9. The van der Waals surface area contributed by atoms with Gasteiger partial charge < -0.3 is 20.6 Å². The van der Waals surface area contributed by atoms with Crippen molar-refractivity contribution < 1.29 is 19.5 Å². The van der Waals surface area contributed by atoms with Crippen molar-refractivity contribution in [3.8, 4) is 0 Å². The first-order chi connectivity index (χ1) is 17.3. The number of rotatable bonds is 7. The van der Waals surface area contributed by atoms with Gasteiger partial charge in [0.2, 0.25) is 17.7 Å². The summed E-state index contributed by atoms with van der Waals surface area (Å²) in [6.07, 6.45) is 0.970. The monoisotopic (exact) mass is 591 g/mol. The summed E-state index contributed by atoms with van der Waals surface area (Å²) < 4.78 is -0.784. The van der Waals surface area contributed by atoms with E-state index in [1.165, 1.54) is 0 Å². The first-order valence-corrected chi connectivity index (χ1v) is 14.0. The molecule has 36 heavy (non-hydrogen) atoms. The topological polar surface area (TPSA) is 98.7 Å². The fraction of sp³-hybridized carbons (Fsp3) is 0.423. The molecule has 190 valence electrons. The maximum atomic E-state index is 14.1. The summed E-state index contributed by atoms with van der Waals surface area (Å²) in [4.78, 5) is 42.6. The lowest BCUT2D eigenvalue weighted by Crippen LogP contribution is -2.55. The van der Waals surface area contributed by atoms with E-state index < -0.39 is 28.7 Å². The Balaban J connectivity index is 1.56. The van der Waals surface area contributed by atoms with E-state index in [2.05, 4.69) is 26.6 Å². The standard InChI is InChI=1S/C26H27BrClN3O4S/c1-29-23(33)19-20-25(35)31(17(13-32)11-14-5-3-2-4-6-14)22(26(20)12-18(27)21(19)36-26)24(34)30-16-9-7-15(28)8-10-16/h2-10,17-22,32H,11-13H2,1H3,(H,29,33)(H,30,34)/t17-,18?,19-,20+,21-,22?,26?/m1/s1. The van der Waals surface area contributed by atoms with E-state index >= 15 is 0 Å². The van der Waals surface area contributed by atoms with E-state index in [0.29, 0.717) is 23.6 Å². The third-order valence-electron chi connectivity index (χ3n) is 7.55. The maximum Gasteiger partial charge on any atom is 0.248 e. The molecule has 10 heteroatoms. The number of carbonyl (C=O) groups is 3. The molecular weight excluding hydrogens is 566 g/mol. The number of likely N-dealkylation sites (tertiary alicyclic amines) is 1. The molecule has 3 saturated heterocycles. The quantitative estimate of drug-likeness (QED) is 0.430. The Labute approximate surface area is 227 Å². The summed E-state index contributed by atoms with van der Waals surface area (Å²) in [6.45, 7) is -0.301. The number of fused-ring (bicyclic) bond motifs is 1. The van der Waals surface area contributed by atoms with Crippen molar-refractivity contribution in [3.05, 3.63) is 65.2 Å². The zero-order valence-corrected chi connectivity index (χ0v) is 22.7. The van der Waals surface area contributed by atoms with E-state index in [4.69, 9.17) is 11.6 Å². The summed E-state index contributed by atoms with van der Waals surface area (Å²) in [5, 5.41) is 16.6. The van der Waals surface area contributed by atoms with Gasteiger partial charge in [0, 0.05) is 27.8 Å². The Morgan fingerprint density at radius 3 is 2.53 bits per heavy atom. The molecule has 0 saturated carbocycles. The van der Waals surface area contributed by atoms with Crippen LogP contribution in [0, 0.1) is 11.8 Å². The van der Waals surface area contributed by atoms with Gasteiger partial charge >= 0.3 is 0 Å². The molecule has 0 radical (unpaired) electrons. The van der Waals surface area contributed by atoms with Crippen molar-refractivity contribution in [1.82, 2.24) is 10.2 Å². The highest BCUT2D eigenvalue weighted by molar-refractivity contribution is 9.09. The van der Waals surface area contributed by atoms with Gasteiger partial charge in [-0.1, -0.05) is 57.9 Å². The lowest BCUT2D eigenvalue weighted by atomic mass is 9.70. The first kappa shape index (κ1) is 25.6. The second-order valence-corrected chi connectivity index (χ2v) is 12.7. The molecule has 7 atom stereocenters. The number of hydrogen-bond donors (Lipinski definition) is 3. The van der Waals surface area contributed by atoms with Crippen LogP contribution in [0.15, 0.2) is 54.6 Å². The number of benzene rings is 2. The molecular formula is C26H27BrClN3O4S. The van der Waals surface area contributed by atoms with Gasteiger partial charge in [-0.2, -0.15) is 0 Å². The van der Waals surface area contributed by atoms with E-state index in [1.54, 1.807) is 48.0 Å². The van der Waals surface area contributed by atoms with Crippen molar-refractivity contribution >= 4 is 62.7 Å². The number of alkyl halides is 1. The van der Waals surface area contributed by atoms with E-state index in [-0.39, 0.29) is 34.4 Å². The highest BCUT2D eigenvalue weighted by Gasteiger charge is 2.76. The third kappa shape index (κ3) is 4.14. The Bertz CT molecular complexity index is 1170. The summed E-state index contributed by atoms with van der Waals surface area (Å²) >= 11 is 11.3. The molecule has 2 bridgehead atoms. The number of nitrogens with one attached hydrogen (secondary N) is 2. The van der Waals surface area contributed by atoms with Gasteiger partial charge in [-0.25, -0.2) is 0 Å². The summed E-state index contributed by atoms with van der Waals surface area (Å²) in [7, 11) is 1.57. The highest BCUT2D eigenvalue weighted by atomic mass is 79.9. The van der Waals surface area contributed by atoms with Crippen LogP contribution in [-0.2, 0) is 20.8 Å². The van der Waals surface area contributed by atoms with Gasteiger partial charge in [-0.3, -0.25) is 14.4 Å². The van der Waals surface area contributed by atoms with E-state index in [0.717, 1.165) is 5.56 Å². The van der Waals surface area contributed by atoms with Crippen LogP contribution >= 0.6 is 39.3 Å². The van der Waals surface area contributed by atoms with Crippen molar-refractivity contribution in [3.63, 3.8) is 0 Å². The molecule has 3 aliphatic heterocycles. The van der Waals surface area contributed by atoms with Gasteiger partial charge in [0.25, 0.3) is 0 Å². The number of amides is 3. The number of halogens is 2. The number of carbonyl (C=O) groups excluding carboxylic acids is 3. The van der Waals surface area contributed by atoms with Crippen LogP contribution in [0.5, 0.6) is 0 Å². The second-order valence-electron chi connectivity index (χ2n) is 9.55. The third-order valence-corrected chi connectivity index (χ3v) is 11.0. The van der Waals surface area contributed by atoms with Gasteiger partial charge in [-0.15, -0.1) is 11.8 Å². The molecule has 7 nitrogen and oxygen atoms in total. The molecule has 3 N–H and O–H groups in total. The minimum atomic E-state index is -0.851. The zero-order valence-electron chi connectivity index (χ0n) is 19.6. The van der Waals surface area contributed by atoms with E-state index in [9.17, 15) is 19.5 Å². The van der Waals surface area contributed by atoms with Gasteiger partial charge in [0.05, 0.1) is 29.2 Å². The Hall–Kier alpha value is -2.07. The highest BCUT2D eigenvalue weighted by Crippen LogP contribution is 2.68. The number of aliphatic hydroxyl groups is 1. The lowest BCUT2D eigenvalue weighted by molar-refractivity contribution is -0.141. The molecule has 0 aromatic heterocycles. The lowest BCUT2D eigenvalue weighted by Gasteiger charge is -2.37. The van der Waals surface area contributed by atoms with Gasteiger partial charge in [0.15, 0.2) is 0 Å². The fourth-order valence-corrected chi connectivity index (χ4v) is 9.83. The fourth-order valence-electron chi connectivity index (χ4n) is 6.11. The maximum absolute atomic E-state index is 14.1. The second kappa shape index (κ2) is 10.0. The molecule has 3 heterocycles. The molecule has 3 fully saturated rings. The van der Waals surface area contributed by atoms with Crippen molar-refractivity contribution in [1.29, 1.82) is 0 Å². The smallest absolute Gasteiger partial charge is 0.248 e. The van der Waals surface area contributed by atoms with Gasteiger partial charge in [-0.05, 0) is 42.7 Å². The molecule has 5 rings (SSSR count). The average molecular weight is 593 g/mol. The molecule has 2 aromatic rings. The Morgan fingerprint density at radius 1 is 1.19 bits per heavy atom. The SMILES string of the molecule is CNC(=O)[C@H]1[C@@H]2SC3(CC2Br)C(C(=O)Nc2ccc(Cl)cc2)N([C@@H](CO)Cc2ccccc2)C(=O)[C@H]13. The largest absolute Gasteiger partial charge is 0.394 e. The summed E-state index contributed by atoms with van der Waals surface area (Å²) in [5.41, 5.74) is 1.52. The number of nitrogens with zero attached hydrogens (tertiary/aromatic N) is 1. The molecule has 3 aliphatic rings. The Morgan fingerprint density at radius 2 is 1.89 bits per heavy atom. The molecule has 3 unspecified atom stereocenters. The van der Waals surface area contributed by atoms with Crippen molar-refractivity contribution in [2.24, 2.45) is 11.8 Å². The van der Waals surface area contributed by atoms with Crippen LogP contribution in [-0.4, -0.2) is 68.3 Å². The van der Waals surface area contributed by atoms with Crippen LogP contribution in [0.1, 0.15) is 12.0 Å². The van der Waals surface area contributed by atoms with E-state index in [1.807, 2.05) is 30.3 Å². The van der Waals surface area contributed by atoms with Crippen molar-refractivity contribution in [2.45, 2.75) is 39.7 Å². The van der Waals surface area contributed by atoms with Crippen LogP contribution in [0.3, 0.4) is 0 Å². The number of aliphatic hydroxyl groups excluding tert-OH is 1. The predicted molar refractivity (Wildman–Crippen MR) is 144 cm³/mol. The number of anilines is 1. The zero-order chi connectivity index (χ0) is 25.6. The van der Waals surface area contributed by atoms with Crippen LogP contribution in [0.25, 0.3) is 0 Å². The average Bonchev–Trinajstić information content (AvgIpc) is 3.47. The molecule has 2 aromatic carbocycles. The molecule has 1 spiro atoms. The van der Waals surface area contributed by atoms with Crippen LogP contribution < -0.4 is 10.6 Å². The molecule has 0 aliphatic carbocycles. The summed E-state index contributed by atoms with van der Waals surface area (Å²) in [5.74, 6) is -1.97. The molecule has 3 amide bonds. The van der Waals surface area contributed by atoms with Crippen LogP contribution in [0.4, 0.5) is 5.69 Å². The van der Waals surface area contributed by atoms with Gasteiger partial charge in [0.1, 0.15) is 6.04 Å².